The fraction of sp³-hybridized carbons (Fsp3) is 0.878. The Balaban J connectivity index is 3.73. The van der Waals surface area contributed by atoms with Gasteiger partial charge in [-0.15, -0.1) is 0 Å². The molecule has 0 aromatic carbocycles. The molecule has 0 spiro atoms. The van der Waals surface area contributed by atoms with Gasteiger partial charge in [-0.1, -0.05) is 199 Å². The van der Waals surface area contributed by atoms with Crippen molar-refractivity contribution in [3.63, 3.8) is 0 Å². The summed E-state index contributed by atoms with van der Waals surface area (Å²) in [5.41, 5.74) is 0. The summed E-state index contributed by atoms with van der Waals surface area (Å²) in [6.45, 7) is 4.16. The van der Waals surface area contributed by atoms with Crippen LogP contribution in [0.2, 0.25) is 0 Å². The minimum Gasteiger partial charge on any atom is -0.394 e. The molecular formula is C41H79NO4. The second-order valence-corrected chi connectivity index (χ2v) is 13.8. The predicted molar refractivity (Wildman–Crippen MR) is 199 cm³/mol. The highest BCUT2D eigenvalue weighted by Gasteiger charge is 2.22. The molecule has 1 amide bonds. The number of unbranched alkanes of at least 4 members (excludes halogenated alkanes) is 26. The van der Waals surface area contributed by atoms with Crippen LogP contribution in [-0.2, 0) is 4.79 Å². The minimum atomic E-state index is -1.10. The van der Waals surface area contributed by atoms with Crippen molar-refractivity contribution < 1.29 is 20.1 Å². The number of hydrogen-bond donors (Lipinski definition) is 4. The maximum Gasteiger partial charge on any atom is 0.249 e. The number of aliphatic hydroxyl groups excluding tert-OH is 3. The summed E-state index contributed by atoms with van der Waals surface area (Å²) >= 11 is 0. The van der Waals surface area contributed by atoms with Crippen molar-refractivity contribution >= 4 is 5.91 Å². The summed E-state index contributed by atoms with van der Waals surface area (Å²) in [5, 5.41) is 33.0. The van der Waals surface area contributed by atoms with Crippen molar-refractivity contribution in [3.05, 3.63) is 24.3 Å². The molecule has 3 unspecified atom stereocenters. The van der Waals surface area contributed by atoms with Gasteiger partial charge in [0, 0.05) is 0 Å². The Morgan fingerprint density at radius 2 is 0.891 bits per heavy atom. The number of rotatable bonds is 36. The van der Waals surface area contributed by atoms with Gasteiger partial charge in [-0.3, -0.25) is 4.79 Å². The molecule has 0 aliphatic carbocycles. The number of amides is 1. The van der Waals surface area contributed by atoms with Crippen LogP contribution in [0.4, 0.5) is 0 Å². The largest absolute Gasteiger partial charge is 0.394 e. The van der Waals surface area contributed by atoms with Crippen molar-refractivity contribution in [1.82, 2.24) is 5.32 Å². The van der Waals surface area contributed by atoms with Gasteiger partial charge >= 0.3 is 0 Å². The van der Waals surface area contributed by atoms with Crippen molar-refractivity contribution in [1.29, 1.82) is 0 Å². The monoisotopic (exact) mass is 650 g/mol. The number of aliphatic hydroxyl groups is 3. The van der Waals surface area contributed by atoms with E-state index >= 15 is 0 Å². The molecule has 0 saturated heterocycles. The molecule has 0 fully saturated rings. The third-order valence-corrected chi connectivity index (χ3v) is 9.29. The number of hydrogen-bond acceptors (Lipinski definition) is 4. The molecule has 0 heterocycles. The van der Waals surface area contributed by atoms with E-state index in [9.17, 15) is 20.1 Å². The zero-order chi connectivity index (χ0) is 33.8. The third kappa shape index (κ3) is 31.4. The van der Waals surface area contributed by atoms with E-state index in [-0.39, 0.29) is 6.61 Å². The van der Waals surface area contributed by atoms with Crippen LogP contribution in [-0.4, -0.2) is 46.1 Å². The number of carbonyl (C=O) groups is 1. The lowest BCUT2D eigenvalue weighted by atomic mass is 10.0. The summed E-state index contributed by atoms with van der Waals surface area (Å²) in [6, 6.07) is -0.809. The maximum atomic E-state index is 12.4. The Morgan fingerprint density at radius 3 is 1.33 bits per heavy atom. The van der Waals surface area contributed by atoms with E-state index in [1.54, 1.807) is 6.08 Å². The predicted octanol–water partition coefficient (Wildman–Crippen LogP) is 11.0. The molecule has 5 nitrogen and oxygen atoms in total. The lowest BCUT2D eigenvalue weighted by molar-refractivity contribution is -0.131. The summed E-state index contributed by atoms with van der Waals surface area (Å²) in [4.78, 5) is 12.4. The van der Waals surface area contributed by atoms with Crippen LogP contribution in [0.25, 0.3) is 0 Å². The highest BCUT2D eigenvalue weighted by atomic mass is 16.3. The molecule has 0 aromatic rings. The molecule has 0 radical (unpaired) electrons. The Hall–Kier alpha value is -1.17. The van der Waals surface area contributed by atoms with Gasteiger partial charge in [0.1, 0.15) is 6.10 Å². The van der Waals surface area contributed by atoms with Crippen LogP contribution in [0.3, 0.4) is 0 Å². The maximum absolute atomic E-state index is 12.4. The molecule has 5 heteroatoms. The van der Waals surface area contributed by atoms with E-state index in [2.05, 4.69) is 31.3 Å². The molecular weight excluding hydrogens is 570 g/mol. The van der Waals surface area contributed by atoms with E-state index in [4.69, 9.17) is 0 Å². The van der Waals surface area contributed by atoms with Crippen LogP contribution in [0.1, 0.15) is 206 Å². The van der Waals surface area contributed by atoms with Gasteiger partial charge in [-0.05, 0) is 32.1 Å². The van der Waals surface area contributed by atoms with Gasteiger partial charge in [-0.25, -0.2) is 0 Å². The first kappa shape index (κ1) is 44.8. The molecule has 46 heavy (non-hydrogen) atoms. The highest BCUT2D eigenvalue weighted by Crippen LogP contribution is 2.15. The van der Waals surface area contributed by atoms with Gasteiger partial charge in [0.05, 0.1) is 18.8 Å². The molecule has 272 valence electrons. The first-order chi connectivity index (χ1) is 22.6. The van der Waals surface area contributed by atoms with Gasteiger partial charge in [0.25, 0.3) is 0 Å². The Morgan fingerprint density at radius 1 is 0.522 bits per heavy atom. The average molecular weight is 650 g/mol. The number of carbonyl (C=O) groups excluding carboxylic acids is 1. The molecule has 4 N–H and O–H groups in total. The van der Waals surface area contributed by atoms with Crippen LogP contribution in [0, 0.1) is 0 Å². The molecule has 0 aromatic heterocycles. The zero-order valence-corrected chi connectivity index (χ0v) is 30.7. The first-order valence-corrected chi connectivity index (χ1v) is 20.2. The number of allylic oxidation sites excluding steroid dienone is 3. The third-order valence-electron chi connectivity index (χ3n) is 9.29. The Kier molecular flexibility index (Phi) is 35.7. The van der Waals surface area contributed by atoms with Crippen LogP contribution in [0.15, 0.2) is 24.3 Å². The second kappa shape index (κ2) is 36.7. The van der Waals surface area contributed by atoms with Crippen molar-refractivity contribution in [2.24, 2.45) is 0 Å². The second-order valence-electron chi connectivity index (χ2n) is 13.8. The molecule has 0 rings (SSSR count). The van der Waals surface area contributed by atoms with E-state index in [1.807, 2.05) is 6.08 Å². The average Bonchev–Trinajstić information content (AvgIpc) is 3.06. The standard InChI is InChI=1S/C41H79NO4/c1-3-5-7-9-11-13-15-17-18-19-20-21-22-23-24-26-27-29-31-33-35-39(44)38(37-43)42-41(46)40(45)36-34-32-30-28-25-16-14-12-10-8-6-4-2/h26-27,33,35,38-40,43-45H,3-25,28-32,34,36-37H2,1-2H3,(H,42,46)/b27-26+,35-33+. The Labute approximate surface area is 286 Å². The lowest BCUT2D eigenvalue weighted by Crippen LogP contribution is -2.48. The van der Waals surface area contributed by atoms with Crippen molar-refractivity contribution in [2.75, 3.05) is 6.61 Å². The zero-order valence-electron chi connectivity index (χ0n) is 30.7. The van der Waals surface area contributed by atoms with Crippen LogP contribution < -0.4 is 5.32 Å². The lowest BCUT2D eigenvalue weighted by Gasteiger charge is -2.21. The Bertz CT molecular complexity index is 679. The quantitative estimate of drug-likeness (QED) is 0.0401. The van der Waals surface area contributed by atoms with E-state index in [0.717, 1.165) is 38.5 Å². The first-order valence-electron chi connectivity index (χ1n) is 20.2. The normalized spacial score (nSPS) is 13.9. The van der Waals surface area contributed by atoms with Crippen molar-refractivity contribution in [2.45, 2.75) is 225 Å². The molecule has 0 saturated carbocycles. The van der Waals surface area contributed by atoms with Gasteiger partial charge in [0.15, 0.2) is 0 Å². The van der Waals surface area contributed by atoms with Gasteiger partial charge in [-0.2, -0.15) is 0 Å². The van der Waals surface area contributed by atoms with Crippen LogP contribution in [0.5, 0.6) is 0 Å². The van der Waals surface area contributed by atoms with Gasteiger partial charge < -0.3 is 20.6 Å². The summed E-state index contributed by atoms with van der Waals surface area (Å²) < 4.78 is 0. The summed E-state index contributed by atoms with van der Waals surface area (Å²) in [6.07, 6.45) is 43.5. The number of nitrogens with one attached hydrogen (secondary N) is 1. The molecule has 0 bridgehead atoms. The summed E-state index contributed by atoms with van der Waals surface area (Å²) in [7, 11) is 0. The summed E-state index contributed by atoms with van der Waals surface area (Å²) in [5.74, 6) is -0.513. The van der Waals surface area contributed by atoms with Crippen molar-refractivity contribution in [3.8, 4) is 0 Å². The highest BCUT2D eigenvalue weighted by molar-refractivity contribution is 5.80. The SMILES string of the molecule is CCCCCCCCCCCCCCCC/C=C/CC/C=C/C(O)C(CO)NC(=O)C(O)CCCCCCCCCCCCCC. The molecule has 0 aliphatic rings. The molecule has 3 atom stereocenters. The fourth-order valence-corrected chi connectivity index (χ4v) is 6.08. The van der Waals surface area contributed by atoms with E-state index < -0.39 is 24.2 Å². The van der Waals surface area contributed by atoms with Gasteiger partial charge in [0.2, 0.25) is 5.91 Å². The molecule has 0 aliphatic heterocycles. The smallest absolute Gasteiger partial charge is 0.249 e. The minimum absolute atomic E-state index is 0.373. The van der Waals surface area contributed by atoms with E-state index in [1.165, 1.54) is 148 Å². The topological polar surface area (TPSA) is 89.8 Å². The fourth-order valence-electron chi connectivity index (χ4n) is 6.08. The van der Waals surface area contributed by atoms with E-state index in [0.29, 0.717) is 6.42 Å². The van der Waals surface area contributed by atoms with Crippen LogP contribution >= 0.6 is 0 Å².